The Labute approximate surface area is 125 Å². The second-order valence-electron chi connectivity index (χ2n) is 4.66. The van der Waals surface area contributed by atoms with E-state index in [9.17, 15) is 0 Å². The molecule has 0 bridgehead atoms. The van der Waals surface area contributed by atoms with Crippen molar-refractivity contribution in [3.05, 3.63) is 50.9 Å². The first-order valence-corrected chi connectivity index (χ1v) is 8.08. The molecule has 0 aromatic carbocycles. The average molecular weight is 338 g/mol. The maximum Gasteiger partial charge on any atom is 0.0478 e. The Morgan fingerprint density at radius 1 is 1.37 bits per heavy atom. The maximum absolute atomic E-state index is 4.11. The summed E-state index contributed by atoms with van der Waals surface area (Å²) in [7, 11) is 0. The Morgan fingerprint density at radius 2 is 2.21 bits per heavy atom. The monoisotopic (exact) mass is 337 g/mol. The lowest BCUT2D eigenvalue weighted by atomic mass is 10.0. The third-order valence-electron chi connectivity index (χ3n) is 3.48. The lowest BCUT2D eigenvalue weighted by Gasteiger charge is -2.36. The van der Waals surface area contributed by atoms with Gasteiger partial charge in [0.15, 0.2) is 0 Å². The van der Waals surface area contributed by atoms with E-state index in [2.05, 4.69) is 54.7 Å². The molecule has 19 heavy (non-hydrogen) atoms. The number of hydrogen-bond acceptors (Lipinski definition) is 4. The van der Waals surface area contributed by atoms with Crippen molar-refractivity contribution in [2.45, 2.75) is 12.6 Å². The van der Waals surface area contributed by atoms with Crippen LogP contribution < -0.4 is 5.32 Å². The maximum atomic E-state index is 4.11. The quantitative estimate of drug-likeness (QED) is 0.932. The minimum Gasteiger partial charge on any atom is -0.314 e. The predicted octanol–water partition coefficient (Wildman–Crippen LogP) is 3.05. The Hall–Kier alpha value is -0.750. The Bertz CT molecular complexity index is 528. The number of thiophene rings is 1. The number of nitrogens with zero attached hydrogens (tertiary/aromatic N) is 2. The number of piperazine rings is 1. The van der Waals surface area contributed by atoms with Crippen LogP contribution in [0.25, 0.3) is 0 Å². The molecule has 2 aromatic heterocycles. The van der Waals surface area contributed by atoms with Gasteiger partial charge in [-0.15, -0.1) is 11.3 Å². The molecule has 5 heteroatoms. The normalized spacial score (nSPS) is 20.6. The molecule has 1 N–H and O–H groups in total. The number of nitrogens with one attached hydrogen (secondary N) is 1. The van der Waals surface area contributed by atoms with E-state index >= 15 is 0 Å². The zero-order chi connectivity index (χ0) is 13.1. The number of pyridine rings is 1. The molecule has 3 rings (SSSR count). The van der Waals surface area contributed by atoms with E-state index in [-0.39, 0.29) is 0 Å². The molecular formula is C14H16BrN3S. The van der Waals surface area contributed by atoms with Crippen LogP contribution in [0.2, 0.25) is 0 Å². The van der Waals surface area contributed by atoms with Gasteiger partial charge in [0.1, 0.15) is 0 Å². The van der Waals surface area contributed by atoms with Crippen LogP contribution in [0.4, 0.5) is 0 Å². The predicted molar refractivity (Wildman–Crippen MR) is 82.3 cm³/mol. The molecule has 1 atom stereocenters. The molecule has 0 radical (unpaired) electrons. The van der Waals surface area contributed by atoms with Crippen LogP contribution >= 0.6 is 27.3 Å². The van der Waals surface area contributed by atoms with Gasteiger partial charge in [0.05, 0.1) is 0 Å². The fourth-order valence-corrected chi connectivity index (χ4v) is 3.97. The van der Waals surface area contributed by atoms with Crippen molar-refractivity contribution < 1.29 is 0 Å². The van der Waals surface area contributed by atoms with Crippen molar-refractivity contribution in [1.82, 2.24) is 15.2 Å². The Kier molecular flexibility index (Phi) is 4.28. The zero-order valence-electron chi connectivity index (χ0n) is 10.6. The molecule has 1 fully saturated rings. The fraction of sp³-hybridized carbons (Fsp3) is 0.357. The second kappa shape index (κ2) is 6.13. The van der Waals surface area contributed by atoms with Crippen molar-refractivity contribution in [1.29, 1.82) is 0 Å². The van der Waals surface area contributed by atoms with Crippen molar-refractivity contribution in [2.75, 3.05) is 19.6 Å². The lowest BCUT2D eigenvalue weighted by molar-refractivity contribution is 0.155. The molecule has 0 spiro atoms. The van der Waals surface area contributed by atoms with Crippen LogP contribution in [-0.4, -0.2) is 29.5 Å². The second-order valence-corrected chi connectivity index (χ2v) is 6.52. The zero-order valence-corrected chi connectivity index (χ0v) is 13.0. The molecule has 1 unspecified atom stereocenters. The summed E-state index contributed by atoms with van der Waals surface area (Å²) in [5.74, 6) is 0. The van der Waals surface area contributed by atoms with E-state index in [1.54, 1.807) is 0 Å². The summed E-state index contributed by atoms with van der Waals surface area (Å²) in [4.78, 5) is 8.06. The summed E-state index contributed by atoms with van der Waals surface area (Å²) in [6.07, 6.45) is 3.76. The van der Waals surface area contributed by atoms with Crippen LogP contribution in [0, 0.1) is 0 Å². The van der Waals surface area contributed by atoms with E-state index in [1.807, 2.05) is 23.7 Å². The first-order chi connectivity index (χ1) is 9.34. The number of rotatable bonds is 3. The van der Waals surface area contributed by atoms with Crippen molar-refractivity contribution >= 4 is 27.3 Å². The molecule has 0 aliphatic carbocycles. The Morgan fingerprint density at radius 3 is 2.95 bits per heavy atom. The minimum atomic E-state index is 0.436. The van der Waals surface area contributed by atoms with E-state index < -0.39 is 0 Å². The van der Waals surface area contributed by atoms with Gasteiger partial charge in [-0.2, -0.15) is 0 Å². The summed E-state index contributed by atoms with van der Waals surface area (Å²) in [6.45, 7) is 4.15. The molecule has 1 aliphatic rings. The van der Waals surface area contributed by atoms with Crippen LogP contribution in [0.3, 0.4) is 0 Å². The van der Waals surface area contributed by atoms with Crippen molar-refractivity contribution in [3.8, 4) is 0 Å². The van der Waals surface area contributed by atoms with Gasteiger partial charge in [-0.3, -0.25) is 9.88 Å². The Balaban J connectivity index is 1.80. The van der Waals surface area contributed by atoms with Gasteiger partial charge >= 0.3 is 0 Å². The third kappa shape index (κ3) is 3.05. The first kappa shape index (κ1) is 13.2. The van der Waals surface area contributed by atoms with Gasteiger partial charge < -0.3 is 5.32 Å². The van der Waals surface area contributed by atoms with Crippen molar-refractivity contribution in [2.24, 2.45) is 0 Å². The molecule has 1 aliphatic heterocycles. The van der Waals surface area contributed by atoms with Gasteiger partial charge in [0.25, 0.3) is 0 Å². The fourth-order valence-electron chi connectivity index (χ4n) is 2.47. The van der Waals surface area contributed by atoms with Gasteiger partial charge in [0.2, 0.25) is 0 Å². The summed E-state index contributed by atoms with van der Waals surface area (Å²) < 4.78 is 1.23. The summed E-state index contributed by atoms with van der Waals surface area (Å²) in [5.41, 5.74) is 1.34. The highest BCUT2D eigenvalue weighted by Gasteiger charge is 2.24. The molecule has 0 saturated carbocycles. The van der Waals surface area contributed by atoms with Gasteiger partial charge in [0, 0.05) is 54.0 Å². The molecular weight excluding hydrogens is 322 g/mol. The van der Waals surface area contributed by atoms with Crippen molar-refractivity contribution in [3.63, 3.8) is 0 Å². The van der Waals surface area contributed by atoms with Gasteiger partial charge in [-0.05, 0) is 45.1 Å². The van der Waals surface area contributed by atoms with Gasteiger partial charge in [-0.1, -0.05) is 0 Å². The minimum absolute atomic E-state index is 0.436. The van der Waals surface area contributed by atoms with Crippen LogP contribution in [0.5, 0.6) is 0 Å². The summed E-state index contributed by atoms with van der Waals surface area (Å²) in [6, 6.07) is 6.80. The molecule has 1 saturated heterocycles. The van der Waals surface area contributed by atoms with E-state index in [0.717, 1.165) is 26.2 Å². The van der Waals surface area contributed by atoms with Crippen LogP contribution in [-0.2, 0) is 6.54 Å². The van der Waals surface area contributed by atoms with E-state index in [0.29, 0.717) is 6.04 Å². The smallest absolute Gasteiger partial charge is 0.0478 e. The standard InChI is InChI=1S/C14H16BrN3S/c15-12-3-8-19-14(12)10-18-7-6-17-9-13(18)11-1-4-16-5-2-11/h1-5,8,13,17H,6-7,9-10H2. The largest absolute Gasteiger partial charge is 0.314 e. The molecule has 0 amide bonds. The number of hydrogen-bond donors (Lipinski definition) is 1. The number of aromatic nitrogens is 1. The molecule has 100 valence electrons. The lowest BCUT2D eigenvalue weighted by Crippen LogP contribution is -2.45. The summed E-state index contributed by atoms with van der Waals surface area (Å²) in [5, 5.41) is 5.63. The average Bonchev–Trinajstić information content (AvgIpc) is 2.86. The molecule has 3 nitrogen and oxygen atoms in total. The summed E-state index contributed by atoms with van der Waals surface area (Å²) >= 11 is 5.45. The SMILES string of the molecule is Brc1ccsc1CN1CCNCC1c1ccncc1. The molecule has 2 aromatic rings. The highest BCUT2D eigenvalue weighted by atomic mass is 79.9. The first-order valence-electron chi connectivity index (χ1n) is 6.41. The highest BCUT2D eigenvalue weighted by Crippen LogP contribution is 2.29. The van der Waals surface area contributed by atoms with Gasteiger partial charge in [-0.25, -0.2) is 0 Å². The molecule has 3 heterocycles. The van der Waals surface area contributed by atoms with Crippen LogP contribution in [0.1, 0.15) is 16.5 Å². The van der Waals surface area contributed by atoms with Crippen LogP contribution in [0.15, 0.2) is 40.4 Å². The van der Waals surface area contributed by atoms with E-state index in [4.69, 9.17) is 0 Å². The highest BCUT2D eigenvalue weighted by molar-refractivity contribution is 9.10. The number of halogens is 1. The topological polar surface area (TPSA) is 28.2 Å². The third-order valence-corrected chi connectivity index (χ3v) is 5.39. The van der Waals surface area contributed by atoms with E-state index in [1.165, 1.54) is 14.9 Å².